The van der Waals surface area contributed by atoms with E-state index in [1.807, 2.05) is 55.5 Å². The Labute approximate surface area is 228 Å². The van der Waals surface area contributed by atoms with Crippen molar-refractivity contribution in [1.29, 1.82) is 0 Å². The number of ether oxygens (including phenoxy) is 2. The van der Waals surface area contributed by atoms with Gasteiger partial charge in [0.2, 0.25) is 0 Å². The quantitative estimate of drug-likeness (QED) is 0.160. The molecule has 4 aromatic rings. The van der Waals surface area contributed by atoms with Crippen LogP contribution in [0.15, 0.2) is 84.2 Å². The summed E-state index contributed by atoms with van der Waals surface area (Å²) in [5.41, 5.74) is 7.14. The van der Waals surface area contributed by atoms with Gasteiger partial charge < -0.3 is 14.8 Å². The number of benzene rings is 3. The summed E-state index contributed by atoms with van der Waals surface area (Å²) in [4.78, 5) is 4.29. The molecule has 1 atom stereocenters. The lowest BCUT2D eigenvalue weighted by Gasteiger charge is -2.16. The van der Waals surface area contributed by atoms with Crippen LogP contribution in [-0.4, -0.2) is 39.6 Å². The molecule has 0 saturated heterocycles. The molecule has 3 aromatic carbocycles. The highest BCUT2D eigenvalue weighted by atomic mass is 32.1. The molecule has 2 N–H and O–H groups in total. The lowest BCUT2D eigenvalue weighted by atomic mass is 10.1. The molecule has 0 amide bonds. The molecule has 1 heterocycles. The van der Waals surface area contributed by atoms with Crippen LogP contribution in [0.1, 0.15) is 29.7 Å². The molecule has 1 aromatic heterocycles. The van der Waals surface area contributed by atoms with Gasteiger partial charge in [-0.2, -0.15) is 5.10 Å². The lowest BCUT2D eigenvalue weighted by molar-refractivity contribution is -0.274. The summed E-state index contributed by atoms with van der Waals surface area (Å²) < 4.78 is 47.5. The number of nitrogens with zero attached hydrogens (tertiary/aromatic N) is 4. The second-order valence-corrected chi connectivity index (χ2v) is 8.82. The monoisotopic (exact) mass is 554 g/mol. The molecule has 12 heteroatoms. The molecule has 39 heavy (non-hydrogen) atoms. The van der Waals surface area contributed by atoms with E-state index in [1.54, 1.807) is 13.3 Å². The number of thiocarbonyl (C=S) groups is 1. The molecule has 0 aliphatic carbocycles. The van der Waals surface area contributed by atoms with Crippen LogP contribution in [0.3, 0.4) is 0 Å². The normalized spacial score (nSPS) is 12.3. The van der Waals surface area contributed by atoms with Crippen LogP contribution in [0.5, 0.6) is 5.75 Å². The Bertz CT molecular complexity index is 1410. The highest BCUT2D eigenvalue weighted by Crippen LogP contribution is 2.24. The molecular weight excluding hydrogens is 529 g/mol. The Kier molecular flexibility index (Phi) is 8.89. The largest absolute Gasteiger partial charge is 0.573 e. The molecular formula is C27H25F3N6O2S. The minimum atomic E-state index is -4.74. The second kappa shape index (κ2) is 12.5. The van der Waals surface area contributed by atoms with Gasteiger partial charge >= 0.3 is 6.36 Å². The molecule has 8 nitrogen and oxygen atoms in total. The minimum Gasteiger partial charge on any atom is -0.406 e. The minimum absolute atomic E-state index is 0.00505. The molecule has 202 valence electrons. The number of hydrogen-bond donors (Lipinski definition) is 2. The predicted molar refractivity (Wildman–Crippen MR) is 146 cm³/mol. The Balaban J connectivity index is 1.29. The van der Waals surface area contributed by atoms with Gasteiger partial charge in [-0.15, -0.1) is 18.3 Å². The lowest BCUT2D eigenvalue weighted by Crippen LogP contribution is -2.34. The fourth-order valence-electron chi connectivity index (χ4n) is 3.59. The van der Waals surface area contributed by atoms with Crippen LogP contribution in [0.4, 0.5) is 13.2 Å². The smallest absolute Gasteiger partial charge is 0.406 e. The fraction of sp³-hybridized carbons (Fsp3) is 0.185. The van der Waals surface area contributed by atoms with Crippen molar-refractivity contribution in [2.24, 2.45) is 5.10 Å². The van der Waals surface area contributed by atoms with Crippen LogP contribution < -0.4 is 15.5 Å². The van der Waals surface area contributed by atoms with E-state index in [2.05, 4.69) is 30.7 Å². The van der Waals surface area contributed by atoms with Crippen molar-refractivity contribution in [1.82, 2.24) is 25.5 Å². The van der Waals surface area contributed by atoms with E-state index >= 15 is 0 Å². The Hall–Kier alpha value is -4.29. The van der Waals surface area contributed by atoms with Crippen molar-refractivity contribution in [3.05, 3.63) is 95.8 Å². The zero-order valence-electron chi connectivity index (χ0n) is 21.0. The molecule has 0 radical (unpaired) electrons. The summed E-state index contributed by atoms with van der Waals surface area (Å²) in [5, 5.41) is 12.2. The maximum atomic E-state index is 12.3. The van der Waals surface area contributed by atoms with Gasteiger partial charge in [0.25, 0.3) is 0 Å². The van der Waals surface area contributed by atoms with Gasteiger partial charge in [0.05, 0.1) is 24.6 Å². The zero-order valence-corrected chi connectivity index (χ0v) is 21.8. The van der Waals surface area contributed by atoms with Crippen molar-refractivity contribution in [2.75, 3.05) is 7.11 Å². The topological polar surface area (TPSA) is 85.6 Å². The maximum Gasteiger partial charge on any atom is 0.573 e. The van der Waals surface area contributed by atoms with Crippen LogP contribution in [0.25, 0.3) is 17.1 Å². The van der Waals surface area contributed by atoms with E-state index in [0.29, 0.717) is 23.2 Å². The first-order valence-corrected chi connectivity index (χ1v) is 12.2. The first kappa shape index (κ1) is 27.7. The first-order valence-electron chi connectivity index (χ1n) is 11.8. The Morgan fingerprint density at radius 3 is 2.38 bits per heavy atom. The average Bonchev–Trinajstić information content (AvgIpc) is 3.39. The summed E-state index contributed by atoms with van der Waals surface area (Å²) in [6, 6.07) is 20.8. The van der Waals surface area contributed by atoms with E-state index < -0.39 is 6.36 Å². The van der Waals surface area contributed by atoms with E-state index in [-0.39, 0.29) is 11.8 Å². The Morgan fingerprint density at radius 1 is 1.05 bits per heavy atom. The fourth-order valence-corrected chi connectivity index (χ4v) is 3.81. The standard InChI is InChI=1S/C27H25F3N6O2S/c1-18(21-7-5-20(6-8-21)16-37-2)33-26(39)34-32-15-19-3-9-22(10-4-19)25-31-17-36(35-25)23-11-13-24(14-12-23)38-27(28,29)30/h3-15,17-18H,16H2,1-2H3,(H2,33,34,39). The summed E-state index contributed by atoms with van der Waals surface area (Å²) in [7, 11) is 1.66. The number of halogens is 3. The third kappa shape index (κ3) is 8.09. The van der Waals surface area contributed by atoms with Crippen LogP contribution >= 0.6 is 12.2 Å². The molecule has 4 rings (SSSR count). The van der Waals surface area contributed by atoms with Crippen LogP contribution in [0.2, 0.25) is 0 Å². The molecule has 0 aliphatic rings. The highest BCUT2D eigenvalue weighted by molar-refractivity contribution is 7.80. The molecule has 0 aliphatic heterocycles. The second-order valence-electron chi connectivity index (χ2n) is 8.42. The maximum absolute atomic E-state index is 12.3. The summed E-state index contributed by atoms with van der Waals surface area (Å²) >= 11 is 5.34. The number of nitrogens with one attached hydrogen (secondary N) is 2. The van der Waals surface area contributed by atoms with Crippen molar-refractivity contribution in [3.63, 3.8) is 0 Å². The van der Waals surface area contributed by atoms with Crippen molar-refractivity contribution in [3.8, 4) is 22.8 Å². The predicted octanol–water partition coefficient (Wildman–Crippen LogP) is 5.54. The molecule has 0 saturated carbocycles. The third-order valence-corrected chi connectivity index (χ3v) is 5.72. The molecule has 1 unspecified atom stereocenters. The molecule has 0 bridgehead atoms. The van der Waals surface area contributed by atoms with Crippen molar-refractivity contribution in [2.45, 2.75) is 25.9 Å². The zero-order chi connectivity index (χ0) is 27.8. The summed E-state index contributed by atoms with van der Waals surface area (Å²) in [5.74, 6) is 0.152. The summed E-state index contributed by atoms with van der Waals surface area (Å²) in [6.45, 7) is 2.58. The molecule has 0 spiro atoms. The third-order valence-electron chi connectivity index (χ3n) is 5.51. The first-order chi connectivity index (χ1) is 18.7. The van der Waals surface area contributed by atoms with Gasteiger partial charge in [-0.25, -0.2) is 9.67 Å². The van der Waals surface area contributed by atoms with E-state index in [4.69, 9.17) is 17.0 Å². The Morgan fingerprint density at radius 2 is 1.74 bits per heavy atom. The van der Waals surface area contributed by atoms with Gasteiger partial charge in [-0.1, -0.05) is 48.5 Å². The van der Waals surface area contributed by atoms with E-state index in [9.17, 15) is 13.2 Å². The van der Waals surface area contributed by atoms with Gasteiger partial charge in [0.15, 0.2) is 10.9 Å². The molecule has 0 fully saturated rings. The van der Waals surface area contributed by atoms with Crippen molar-refractivity contribution >= 4 is 23.5 Å². The van der Waals surface area contributed by atoms with Gasteiger partial charge in [-0.05, 0) is 60.1 Å². The van der Waals surface area contributed by atoms with Gasteiger partial charge in [-0.3, -0.25) is 5.43 Å². The van der Waals surface area contributed by atoms with E-state index in [1.165, 1.54) is 35.3 Å². The highest BCUT2D eigenvalue weighted by Gasteiger charge is 2.31. The average molecular weight is 555 g/mol. The SMILES string of the molecule is COCc1ccc(C(C)NC(=S)NN=Cc2ccc(-c3ncn(-c4ccc(OC(F)(F)F)cc4)n3)cc2)cc1. The van der Waals surface area contributed by atoms with E-state index in [0.717, 1.165) is 22.3 Å². The number of aromatic nitrogens is 3. The number of rotatable bonds is 9. The number of hydrogen-bond acceptors (Lipinski definition) is 6. The van der Waals surface area contributed by atoms with Crippen LogP contribution in [-0.2, 0) is 11.3 Å². The van der Waals surface area contributed by atoms with Gasteiger partial charge in [0, 0.05) is 12.7 Å². The van der Waals surface area contributed by atoms with Crippen LogP contribution in [0, 0.1) is 0 Å². The number of hydrazone groups is 1. The number of alkyl halides is 3. The van der Waals surface area contributed by atoms with Gasteiger partial charge in [0.1, 0.15) is 12.1 Å². The summed E-state index contributed by atoms with van der Waals surface area (Å²) in [6.07, 6.45) is -1.62. The number of methoxy groups -OCH3 is 1. The van der Waals surface area contributed by atoms with Crippen molar-refractivity contribution < 1.29 is 22.6 Å².